The van der Waals surface area contributed by atoms with Crippen LogP contribution in [0.3, 0.4) is 0 Å². The first-order valence-electron chi connectivity index (χ1n) is 5.77. The van der Waals surface area contributed by atoms with Crippen molar-refractivity contribution in [1.82, 2.24) is 0 Å². The Labute approximate surface area is 128 Å². The first-order valence-corrected chi connectivity index (χ1v) is 6.96. The number of benzene rings is 2. The van der Waals surface area contributed by atoms with Crippen LogP contribution in [-0.4, -0.2) is 7.11 Å². The Morgan fingerprint density at radius 2 is 1.68 bits per heavy atom. The number of ether oxygens (including phenoxy) is 1. The smallest absolute Gasteiger partial charge is 0.119 e. The van der Waals surface area contributed by atoms with E-state index in [0.29, 0.717) is 10.0 Å². The van der Waals surface area contributed by atoms with Crippen LogP contribution in [0.5, 0.6) is 5.75 Å². The molecular formula is C15H13Cl3O. The molecule has 0 N–H and O–H groups in total. The summed E-state index contributed by atoms with van der Waals surface area (Å²) in [7, 11) is 1.64. The highest BCUT2D eigenvalue weighted by Crippen LogP contribution is 2.39. The molecule has 0 aliphatic heterocycles. The molecular weight excluding hydrogens is 303 g/mol. The van der Waals surface area contributed by atoms with Crippen molar-refractivity contribution in [3.05, 3.63) is 63.1 Å². The zero-order valence-corrected chi connectivity index (χ0v) is 12.9. The molecule has 0 saturated heterocycles. The summed E-state index contributed by atoms with van der Waals surface area (Å²) in [5, 5.41) is 0.762. The lowest BCUT2D eigenvalue weighted by atomic mass is 9.99. The molecule has 0 radical (unpaired) electrons. The van der Waals surface area contributed by atoms with Gasteiger partial charge in [0.2, 0.25) is 0 Å². The molecule has 0 heterocycles. The fourth-order valence-electron chi connectivity index (χ4n) is 1.97. The number of halogens is 3. The third kappa shape index (κ3) is 3.00. The molecule has 19 heavy (non-hydrogen) atoms. The third-order valence-corrected chi connectivity index (χ3v) is 4.12. The monoisotopic (exact) mass is 314 g/mol. The number of aryl methyl sites for hydroxylation is 1. The van der Waals surface area contributed by atoms with Gasteiger partial charge in [-0.15, -0.1) is 11.6 Å². The van der Waals surface area contributed by atoms with Crippen LogP contribution in [-0.2, 0) is 0 Å². The van der Waals surface area contributed by atoms with Crippen molar-refractivity contribution in [3.63, 3.8) is 0 Å². The highest BCUT2D eigenvalue weighted by atomic mass is 35.5. The maximum atomic E-state index is 6.53. The molecule has 1 unspecified atom stereocenters. The summed E-state index contributed by atoms with van der Waals surface area (Å²) in [5.74, 6) is 0.801. The van der Waals surface area contributed by atoms with Gasteiger partial charge in [0, 0.05) is 15.6 Å². The third-order valence-electron chi connectivity index (χ3n) is 3.00. The molecule has 0 aliphatic carbocycles. The van der Waals surface area contributed by atoms with E-state index >= 15 is 0 Å². The topological polar surface area (TPSA) is 9.23 Å². The normalized spacial score (nSPS) is 12.3. The van der Waals surface area contributed by atoms with Crippen LogP contribution in [0.2, 0.25) is 10.0 Å². The first-order chi connectivity index (χ1) is 9.04. The van der Waals surface area contributed by atoms with Gasteiger partial charge in [0.05, 0.1) is 12.5 Å². The van der Waals surface area contributed by atoms with Gasteiger partial charge in [-0.25, -0.2) is 0 Å². The zero-order chi connectivity index (χ0) is 14.0. The number of methoxy groups -OCH3 is 1. The first kappa shape index (κ1) is 14.5. The molecule has 1 nitrogen and oxygen atoms in total. The van der Waals surface area contributed by atoms with Crippen LogP contribution >= 0.6 is 34.8 Å². The Morgan fingerprint density at radius 3 is 2.21 bits per heavy atom. The van der Waals surface area contributed by atoms with E-state index in [1.807, 2.05) is 25.1 Å². The van der Waals surface area contributed by atoms with Crippen LogP contribution in [0.4, 0.5) is 0 Å². The molecule has 0 amide bonds. The Morgan fingerprint density at radius 1 is 1.05 bits per heavy atom. The lowest BCUT2D eigenvalue weighted by molar-refractivity contribution is 0.414. The van der Waals surface area contributed by atoms with E-state index in [9.17, 15) is 0 Å². The largest absolute Gasteiger partial charge is 0.497 e. The fraction of sp³-hybridized carbons (Fsp3) is 0.200. The van der Waals surface area contributed by atoms with E-state index in [1.165, 1.54) is 0 Å². The Hall–Kier alpha value is -0.890. The van der Waals surface area contributed by atoms with Crippen molar-refractivity contribution >= 4 is 34.8 Å². The van der Waals surface area contributed by atoms with E-state index in [-0.39, 0.29) is 5.38 Å². The molecule has 0 aromatic heterocycles. The van der Waals surface area contributed by atoms with Gasteiger partial charge in [0.1, 0.15) is 5.75 Å². The average Bonchev–Trinajstić information content (AvgIpc) is 2.38. The van der Waals surface area contributed by atoms with Gasteiger partial charge in [-0.3, -0.25) is 0 Å². The summed E-state index contributed by atoms with van der Waals surface area (Å²) < 4.78 is 5.19. The van der Waals surface area contributed by atoms with Crippen LogP contribution in [0.15, 0.2) is 36.4 Å². The van der Waals surface area contributed by atoms with Crippen LogP contribution in [0.25, 0.3) is 0 Å². The minimum absolute atomic E-state index is 0.382. The number of hydrogen-bond acceptors (Lipinski definition) is 1. The standard InChI is InChI=1S/C15H13Cl3O/c1-9-8-10(19-2)6-7-11(9)15(18)14-12(16)4-3-5-13(14)17/h3-8,15H,1-2H3. The lowest BCUT2D eigenvalue weighted by Gasteiger charge is -2.16. The molecule has 0 saturated carbocycles. The lowest BCUT2D eigenvalue weighted by Crippen LogP contribution is -1.99. The predicted octanol–water partition coefficient (Wildman–Crippen LogP) is 5.64. The van der Waals surface area contributed by atoms with Crippen LogP contribution in [0, 0.1) is 6.92 Å². The number of hydrogen-bond donors (Lipinski definition) is 0. The van der Waals surface area contributed by atoms with Crippen molar-refractivity contribution in [1.29, 1.82) is 0 Å². The minimum Gasteiger partial charge on any atom is -0.497 e. The maximum Gasteiger partial charge on any atom is 0.119 e. The summed E-state index contributed by atoms with van der Waals surface area (Å²) in [5.41, 5.74) is 2.74. The molecule has 0 bridgehead atoms. The number of rotatable bonds is 3. The second-order valence-electron chi connectivity index (χ2n) is 4.22. The van der Waals surface area contributed by atoms with Crippen molar-refractivity contribution in [2.45, 2.75) is 12.3 Å². The highest BCUT2D eigenvalue weighted by molar-refractivity contribution is 6.38. The second-order valence-corrected chi connectivity index (χ2v) is 5.47. The summed E-state index contributed by atoms with van der Waals surface area (Å²) in [4.78, 5) is 0. The molecule has 2 aromatic carbocycles. The quantitative estimate of drug-likeness (QED) is 0.666. The summed E-state index contributed by atoms with van der Waals surface area (Å²) in [6.45, 7) is 1.98. The zero-order valence-electron chi connectivity index (χ0n) is 10.6. The molecule has 100 valence electrons. The van der Waals surface area contributed by atoms with Crippen LogP contribution < -0.4 is 4.74 Å². The fourth-order valence-corrected chi connectivity index (χ4v) is 3.18. The summed E-state index contributed by atoms with van der Waals surface area (Å²) in [6.07, 6.45) is 0. The summed E-state index contributed by atoms with van der Waals surface area (Å²) in [6, 6.07) is 11.1. The molecule has 0 spiro atoms. The van der Waals surface area contributed by atoms with Gasteiger partial charge in [-0.05, 0) is 42.3 Å². The maximum absolute atomic E-state index is 6.53. The van der Waals surface area contributed by atoms with E-state index in [1.54, 1.807) is 25.3 Å². The van der Waals surface area contributed by atoms with Crippen LogP contribution in [0.1, 0.15) is 22.1 Å². The van der Waals surface area contributed by atoms with Gasteiger partial charge in [-0.2, -0.15) is 0 Å². The average molecular weight is 316 g/mol. The molecule has 0 aliphatic rings. The molecule has 2 rings (SSSR count). The molecule has 0 fully saturated rings. The Balaban J connectivity index is 2.47. The van der Waals surface area contributed by atoms with Gasteiger partial charge >= 0.3 is 0 Å². The minimum atomic E-state index is -0.382. The van der Waals surface area contributed by atoms with Gasteiger partial charge < -0.3 is 4.74 Å². The van der Waals surface area contributed by atoms with Gasteiger partial charge in [0.15, 0.2) is 0 Å². The Bertz CT molecular complexity index is 576. The van der Waals surface area contributed by atoms with Gasteiger partial charge in [-0.1, -0.05) is 35.3 Å². The number of alkyl halides is 1. The van der Waals surface area contributed by atoms with E-state index in [0.717, 1.165) is 22.4 Å². The summed E-state index contributed by atoms with van der Waals surface area (Å²) >= 11 is 18.9. The SMILES string of the molecule is COc1ccc(C(Cl)c2c(Cl)cccc2Cl)c(C)c1. The van der Waals surface area contributed by atoms with Crippen molar-refractivity contribution in [2.24, 2.45) is 0 Å². The molecule has 4 heteroatoms. The Kier molecular flexibility index (Phi) is 4.62. The second kappa shape index (κ2) is 6.04. The van der Waals surface area contributed by atoms with E-state index in [2.05, 4.69) is 0 Å². The highest BCUT2D eigenvalue weighted by Gasteiger charge is 2.19. The van der Waals surface area contributed by atoms with E-state index < -0.39 is 0 Å². The van der Waals surface area contributed by atoms with Crippen molar-refractivity contribution < 1.29 is 4.74 Å². The van der Waals surface area contributed by atoms with Crippen molar-refractivity contribution in [3.8, 4) is 5.75 Å². The van der Waals surface area contributed by atoms with E-state index in [4.69, 9.17) is 39.5 Å². The van der Waals surface area contributed by atoms with Crippen molar-refractivity contribution in [2.75, 3.05) is 7.11 Å². The molecule has 1 atom stereocenters. The predicted molar refractivity (Wildman–Crippen MR) is 81.9 cm³/mol. The van der Waals surface area contributed by atoms with Gasteiger partial charge in [0.25, 0.3) is 0 Å². The molecule has 2 aromatic rings.